The molecular formula is C11H17N3O2S. The molecule has 1 aliphatic rings. The number of carboxylic acids is 1. The summed E-state index contributed by atoms with van der Waals surface area (Å²) in [6.45, 7) is 5.08. The summed E-state index contributed by atoms with van der Waals surface area (Å²) in [5.74, 6) is -0.360. The molecule has 17 heavy (non-hydrogen) atoms. The number of hydrogen-bond donors (Lipinski definition) is 1. The van der Waals surface area contributed by atoms with Crippen LogP contribution in [0.25, 0.3) is 0 Å². The first-order valence-electron chi connectivity index (χ1n) is 5.89. The van der Waals surface area contributed by atoms with Crippen LogP contribution in [0.5, 0.6) is 0 Å². The van der Waals surface area contributed by atoms with Crippen LogP contribution in [0.15, 0.2) is 0 Å². The average Bonchev–Trinajstić information content (AvgIpc) is 2.72. The SMILES string of the molecule is CC1CCCC(C)N1Cc1nsc(C(=O)O)n1. The van der Waals surface area contributed by atoms with Crippen LogP contribution in [0, 0.1) is 0 Å². The maximum atomic E-state index is 10.7. The number of likely N-dealkylation sites (tertiary alicyclic amines) is 1. The number of piperidine rings is 1. The van der Waals surface area contributed by atoms with E-state index in [4.69, 9.17) is 5.11 Å². The summed E-state index contributed by atoms with van der Waals surface area (Å²) in [7, 11) is 0. The van der Waals surface area contributed by atoms with Crippen molar-refractivity contribution in [2.45, 2.75) is 51.7 Å². The van der Waals surface area contributed by atoms with Crippen molar-refractivity contribution in [1.29, 1.82) is 0 Å². The second-order valence-electron chi connectivity index (χ2n) is 4.62. The standard InChI is InChI=1S/C11H17N3O2S/c1-7-4-3-5-8(2)14(7)6-9-12-10(11(15)16)17-13-9/h7-8H,3-6H2,1-2H3,(H,15,16). The molecule has 1 aromatic heterocycles. The second kappa shape index (κ2) is 5.10. The largest absolute Gasteiger partial charge is 0.476 e. The Kier molecular flexibility index (Phi) is 3.73. The first-order chi connectivity index (χ1) is 8.08. The van der Waals surface area contributed by atoms with E-state index in [1.54, 1.807) is 0 Å². The smallest absolute Gasteiger partial charge is 0.366 e. The fourth-order valence-electron chi connectivity index (χ4n) is 2.35. The van der Waals surface area contributed by atoms with Crippen molar-refractivity contribution in [3.8, 4) is 0 Å². The molecule has 0 radical (unpaired) electrons. The topological polar surface area (TPSA) is 66.3 Å². The predicted octanol–water partition coefficient (Wildman–Crippen LogP) is 2.00. The highest BCUT2D eigenvalue weighted by molar-refractivity contribution is 7.07. The third-order valence-electron chi connectivity index (χ3n) is 3.35. The average molecular weight is 255 g/mol. The van der Waals surface area contributed by atoms with E-state index in [1.807, 2.05) is 0 Å². The Balaban J connectivity index is 2.05. The Bertz CT molecular complexity index is 397. The Labute approximate surface area is 105 Å². The van der Waals surface area contributed by atoms with Crippen LogP contribution in [0.2, 0.25) is 0 Å². The minimum atomic E-state index is -0.992. The van der Waals surface area contributed by atoms with Crippen molar-refractivity contribution in [2.75, 3.05) is 0 Å². The molecular weight excluding hydrogens is 238 g/mol. The van der Waals surface area contributed by atoms with Gasteiger partial charge in [-0.05, 0) is 38.2 Å². The summed E-state index contributed by atoms with van der Waals surface area (Å²) in [4.78, 5) is 17.1. The van der Waals surface area contributed by atoms with Gasteiger partial charge in [0.1, 0.15) is 0 Å². The molecule has 5 nitrogen and oxygen atoms in total. The molecule has 1 fully saturated rings. The van der Waals surface area contributed by atoms with Crippen molar-refractivity contribution in [3.05, 3.63) is 10.8 Å². The van der Waals surface area contributed by atoms with E-state index in [1.165, 1.54) is 19.3 Å². The Morgan fingerprint density at radius 2 is 2.12 bits per heavy atom. The molecule has 2 atom stereocenters. The zero-order valence-corrected chi connectivity index (χ0v) is 10.9. The van der Waals surface area contributed by atoms with Crippen molar-refractivity contribution in [2.24, 2.45) is 0 Å². The summed E-state index contributed by atoms with van der Waals surface area (Å²) in [5, 5.41) is 8.88. The molecule has 2 rings (SSSR count). The first-order valence-corrected chi connectivity index (χ1v) is 6.67. The van der Waals surface area contributed by atoms with Gasteiger partial charge in [0, 0.05) is 12.1 Å². The highest BCUT2D eigenvalue weighted by Gasteiger charge is 2.26. The van der Waals surface area contributed by atoms with Gasteiger partial charge in [-0.1, -0.05) is 6.42 Å². The Morgan fingerprint density at radius 3 is 2.65 bits per heavy atom. The fraction of sp³-hybridized carbons (Fsp3) is 0.727. The van der Waals surface area contributed by atoms with Gasteiger partial charge in [-0.2, -0.15) is 4.37 Å². The number of carbonyl (C=O) groups is 1. The minimum Gasteiger partial charge on any atom is -0.476 e. The van der Waals surface area contributed by atoms with Crippen LogP contribution in [0.4, 0.5) is 0 Å². The molecule has 1 aromatic rings. The summed E-state index contributed by atoms with van der Waals surface area (Å²) in [5.41, 5.74) is 0. The third kappa shape index (κ3) is 2.81. The summed E-state index contributed by atoms with van der Waals surface area (Å²) in [6.07, 6.45) is 3.66. The van der Waals surface area contributed by atoms with Crippen LogP contribution in [0.3, 0.4) is 0 Å². The van der Waals surface area contributed by atoms with Gasteiger partial charge in [-0.25, -0.2) is 9.78 Å². The van der Waals surface area contributed by atoms with Gasteiger partial charge in [0.15, 0.2) is 5.82 Å². The van der Waals surface area contributed by atoms with Gasteiger partial charge in [0.05, 0.1) is 6.54 Å². The lowest BCUT2D eigenvalue weighted by Crippen LogP contribution is -2.43. The molecule has 1 N–H and O–H groups in total. The van der Waals surface area contributed by atoms with Gasteiger partial charge in [-0.3, -0.25) is 4.90 Å². The van der Waals surface area contributed by atoms with Crippen LogP contribution < -0.4 is 0 Å². The van der Waals surface area contributed by atoms with Gasteiger partial charge < -0.3 is 5.11 Å². The maximum absolute atomic E-state index is 10.7. The van der Waals surface area contributed by atoms with Crippen molar-refractivity contribution < 1.29 is 9.90 Å². The zero-order valence-electron chi connectivity index (χ0n) is 10.1. The molecule has 0 spiro atoms. The number of rotatable bonds is 3. The zero-order chi connectivity index (χ0) is 12.4. The highest BCUT2D eigenvalue weighted by Crippen LogP contribution is 2.24. The second-order valence-corrected chi connectivity index (χ2v) is 5.37. The van der Waals surface area contributed by atoms with Crippen molar-refractivity contribution in [3.63, 3.8) is 0 Å². The van der Waals surface area contributed by atoms with E-state index in [0.717, 1.165) is 11.5 Å². The molecule has 1 saturated heterocycles. The van der Waals surface area contributed by atoms with Crippen molar-refractivity contribution in [1.82, 2.24) is 14.3 Å². The van der Waals surface area contributed by atoms with Gasteiger partial charge in [-0.15, -0.1) is 0 Å². The lowest BCUT2D eigenvalue weighted by atomic mass is 9.98. The molecule has 0 saturated carbocycles. The Morgan fingerprint density at radius 1 is 1.47 bits per heavy atom. The minimum absolute atomic E-state index is 0.0808. The summed E-state index contributed by atoms with van der Waals surface area (Å²) in [6, 6.07) is 1.05. The quantitative estimate of drug-likeness (QED) is 0.894. The Hall–Kier alpha value is -1.01. The number of nitrogens with zero attached hydrogens (tertiary/aromatic N) is 3. The van der Waals surface area contributed by atoms with Crippen LogP contribution >= 0.6 is 11.5 Å². The molecule has 0 aromatic carbocycles. The molecule has 0 aliphatic carbocycles. The molecule has 1 aliphatic heterocycles. The molecule has 0 amide bonds. The maximum Gasteiger partial charge on any atom is 0.366 e. The number of aromatic carboxylic acids is 1. The lowest BCUT2D eigenvalue weighted by Gasteiger charge is -2.38. The number of hydrogen-bond acceptors (Lipinski definition) is 5. The van der Waals surface area contributed by atoms with Gasteiger partial charge >= 0.3 is 5.97 Å². The normalized spacial score (nSPS) is 26.0. The molecule has 0 bridgehead atoms. The van der Waals surface area contributed by atoms with E-state index in [2.05, 4.69) is 28.1 Å². The first kappa shape index (κ1) is 12.4. The van der Waals surface area contributed by atoms with E-state index in [0.29, 0.717) is 24.5 Å². The van der Waals surface area contributed by atoms with Gasteiger partial charge in [0.25, 0.3) is 0 Å². The molecule has 6 heteroatoms. The molecule has 94 valence electrons. The van der Waals surface area contributed by atoms with Crippen LogP contribution in [0.1, 0.15) is 48.7 Å². The van der Waals surface area contributed by atoms with E-state index < -0.39 is 5.97 Å². The van der Waals surface area contributed by atoms with Crippen LogP contribution in [-0.4, -0.2) is 37.4 Å². The monoisotopic (exact) mass is 255 g/mol. The molecule has 2 heterocycles. The fourth-order valence-corrected chi connectivity index (χ4v) is 2.87. The van der Waals surface area contributed by atoms with Crippen molar-refractivity contribution >= 4 is 17.5 Å². The van der Waals surface area contributed by atoms with E-state index in [9.17, 15) is 4.79 Å². The van der Waals surface area contributed by atoms with Gasteiger partial charge in [0.2, 0.25) is 5.01 Å². The summed E-state index contributed by atoms with van der Waals surface area (Å²) < 4.78 is 4.11. The van der Waals surface area contributed by atoms with E-state index in [-0.39, 0.29) is 5.01 Å². The highest BCUT2D eigenvalue weighted by atomic mass is 32.1. The third-order valence-corrected chi connectivity index (χ3v) is 4.09. The predicted molar refractivity (Wildman–Crippen MR) is 65.2 cm³/mol. The van der Waals surface area contributed by atoms with Crippen LogP contribution in [-0.2, 0) is 6.54 Å². The number of carboxylic acid groups (broad SMARTS) is 1. The van der Waals surface area contributed by atoms with E-state index >= 15 is 0 Å². The number of aromatic nitrogens is 2. The lowest BCUT2D eigenvalue weighted by molar-refractivity contribution is 0.0695. The summed E-state index contributed by atoms with van der Waals surface area (Å²) >= 11 is 0.961. The molecule has 2 unspecified atom stereocenters.